The van der Waals surface area contributed by atoms with Gasteiger partial charge in [-0.25, -0.2) is 0 Å². The van der Waals surface area contributed by atoms with Gasteiger partial charge in [0.15, 0.2) is 0 Å². The van der Waals surface area contributed by atoms with Crippen molar-refractivity contribution < 1.29 is 18.9 Å². The zero-order chi connectivity index (χ0) is 34.2. The summed E-state index contributed by atoms with van der Waals surface area (Å²) in [6.07, 6.45) is 6.70. The summed E-state index contributed by atoms with van der Waals surface area (Å²) in [4.78, 5) is 0. The average Bonchev–Trinajstić information content (AvgIpc) is 3.11. The second-order valence-corrected chi connectivity index (χ2v) is 12.0. The average molecular weight is 641 g/mol. The van der Waals surface area contributed by atoms with Gasteiger partial charge in [0.2, 0.25) is 0 Å². The molecule has 5 aromatic carbocycles. The monoisotopic (exact) mass is 640 g/mol. The third-order valence-corrected chi connectivity index (χ3v) is 8.62. The SMILES string of the molecule is CCCCOc1c(C#N)cc2cc(C#N)c(OCCCC)c3c4c(OCCCC)c(C#N)cc5cc(C#N)c(OCCCC)c(c1c23)c54. The van der Waals surface area contributed by atoms with Gasteiger partial charge in [-0.1, -0.05) is 53.4 Å². The Morgan fingerprint density at radius 3 is 0.812 bits per heavy atom. The molecule has 0 fully saturated rings. The molecular weight excluding hydrogens is 600 g/mol. The minimum Gasteiger partial charge on any atom is -0.492 e. The molecule has 48 heavy (non-hydrogen) atoms. The molecule has 0 aromatic heterocycles. The largest absolute Gasteiger partial charge is 0.492 e. The molecule has 0 aliphatic carbocycles. The Morgan fingerprint density at radius 2 is 0.625 bits per heavy atom. The highest BCUT2D eigenvalue weighted by Crippen LogP contribution is 2.55. The van der Waals surface area contributed by atoms with E-state index in [9.17, 15) is 21.0 Å². The lowest BCUT2D eigenvalue weighted by atomic mass is 9.84. The molecular formula is C40H40N4O4. The van der Waals surface area contributed by atoms with Crippen molar-refractivity contribution in [3.8, 4) is 47.3 Å². The molecule has 0 spiro atoms. The van der Waals surface area contributed by atoms with E-state index < -0.39 is 0 Å². The summed E-state index contributed by atoms with van der Waals surface area (Å²) in [6.45, 7) is 9.82. The fraction of sp³-hybridized carbons (Fsp3) is 0.400. The van der Waals surface area contributed by atoms with Crippen molar-refractivity contribution in [1.82, 2.24) is 0 Å². The number of nitriles is 4. The Morgan fingerprint density at radius 1 is 0.396 bits per heavy atom. The fourth-order valence-corrected chi connectivity index (χ4v) is 6.24. The lowest BCUT2D eigenvalue weighted by molar-refractivity contribution is 0.308. The van der Waals surface area contributed by atoms with Crippen molar-refractivity contribution in [2.24, 2.45) is 0 Å². The molecule has 0 aliphatic rings. The molecule has 0 atom stereocenters. The van der Waals surface area contributed by atoms with Crippen molar-refractivity contribution in [2.45, 2.75) is 79.1 Å². The first kappa shape index (κ1) is 33.9. The molecule has 0 amide bonds. The van der Waals surface area contributed by atoms with Crippen LogP contribution in [0.4, 0.5) is 0 Å². The molecule has 0 aliphatic heterocycles. The van der Waals surface area contributed by atoms with Crippen molar-refractivity contribution in [3.63, 3.8) is 0 Å². The molecule has 0 bridgehead atoms. The van der Waals surface area contributed by atoms with Crippen LogP contribution < -0.4 is 18.9 Å². The van der Waals surface area contributed by atoms with Crippen LogP contribution in [0, 0.1) is 45.3 Å². The lowest BCUT2D eigenvalue weighted by Crippen LogP contribution is -2.07. The molecule has 8 heteroatoms. The number of ether oxygens (including phenoxy) is 4. The highest BCUT2D eigenvalue weighted by Gasteiger charge is 2.30. The van der Waals surface area contributed by atoms with Crippen LogP contribution in [0.25, 0.3) is 43.1 Å². The maximum Gasteiger partial charge on any atom is 0.145 e. The number of hydrogen-bond donors (Lipinski definition) is 0. The highest BCUT2D eigenvalue weighted by atomic mass is 16.5. The van der Waals surface area contributed by atoms with Gasteiger partial charge >= 0.3 is 0 Å². The van der Waals surface area contributed by atoms with Crippen LogP contribution in [0.2, 0.25) is 0 Å². The summed E-state index contributed by atoms with van der Waals surface area (Å²) in [5, 5.41) is 47.0. The lowest BCUT2D eigenvalue weighted by Gasteiger charge is -2.25. The van der Waals surface area contributed by atoms with Gasteiger partial charge in [0.05, 0.1) is 48.7 Å². The zero-order valence-corrected chi connectivity index (χ0v) is 28.2. The molecule has 0 heterocycles. The first-order chi connectivity index (χ1) is 23.5. The predicted molar refractivity (Wildman–Crippen MR) is 188 cm³/mol. The third kappa shape index (κ3) is 6.03. The molecule has 0 saturated heterocycles. The molecule has 0 N–H and O–H groups in total. The van der Waals surface area contributed by atoms with Crippen LogP contribution in [-0.2, 0) is 0 Å². The van der Waals surface area contributed by atoms with Crippen molar-refractivity contribution in [3.05, 3.63) is 46.5 Å². The molecule has 5 rings (SSSR count). The molecule has 0 unspecified atom stereocenters. The Bertz CT molecular complexity index is 1850. The van der Waals surface area contributed by atoms with Gasteiger partial charge in [-0.3, -0.25) is 0 Å². The predicted octanol–water partition coefficient (Wildman–Crippen LogP) is 9.94. The van der Waals surface area contributed by atoms with E-state index >= 15 is 0 Å². The number of hydrogen-bond acceptors (Lipinski definition) is 8. The van der Waals surface area contributed by atoms with Crippen molar-refractivity contribution in [2.75, 3.05) is 26.4 Å². The van der Waals surface area contributed by atoms with E-state index in [1.165, 1.54) is 0 Å². The normalized spacial score (nSPS) is 11.0. The van der Waals surface area contributed by atoms with Crippen molar-refractivity contribution in [1.29, 1.82) is 21.0 Å². The summed E-state index contributed by atoms with van der Waals surface area (Å²) < 4.78 is 25.9. The molecule has 244 valence electrons. The van der Waals surface area contributed by atoms with Gasteiger partial charge < -0.3 is 18.9 Å². The zero-order valence-electron chi connectivity index (χ0n) is 28.2. The van der Waals surface area contributed by atoms with Crippen LogP contribution in [0.3, 0.4) is 0 Å². The summed E-state index contributed by atoms with van der Waals surface area (Å²) >= 11 is 0. The Kier molecular flexibility index (Phi) is 10.9. The number of nitrogens with zero attached hydrogens (tertiary/aromatic N) is 4. The third-order valence-electron chi connectivity index (χ3n) is 8.62. The second-order valence-electron chi connectivity index (χ2n) is 12.0. The van der Waals surface area contributed by atoms with Crippen molar-refractivity contribution >= 4 is 43.1 Å². The first-order valence-corrected chi connectivity index (χ1v) is 17.0. The van der Waals surface area contributed by atoms with Crippen LogP contribution in [0.5, 0.6) is 23.0 Å². The molecule has 0 radical (unpaired) electrons. The molecule has 8 nitrogen and oxygen atoms in total. The second kappa shape index (κ2) is 15.4. The highest BCUT2D eigenvalue weighted by molar-refractivity contribution is 6.38. The van der Waals surface area contributed by atoms with Crippen LogP contribution in [-0.4, -0.2) is 26.4 Å². The summed E-state index contributed by atoms with van der Waals surface area (Å²) in [6, 6.07) is 16.3. The molecule has 0 saturated carbocycles. The Labute approximate surface area is 281 Å². The summed E-state index contributed by atoms with van der Waals surface area (Å²) in [5.74, 6) is 1.57. The van der Waals surface area contributed by atoms with Crippen LogP contribution >= 0.6 is 0 Å². The maximum atomic E-state index is 10.5. The van der Waals surface area contributed by atoms with Crippen LogP contribution in [0.15, 0.2) is 24.3 Å². The minimum absolute atomic E-state index is 0.314. The van der Waals surface area contributed by atoms with Gasteiger partial charge in [0, 0.05) is 32.3 Å². The van der Waals surface area contributed by atoms with E-state index in [0.29, 0.717) is 115 Å². The topological polar surface area (TPSA) is 132 Å². The van der Waals surface area contributed by atoms with Crippen LogP contribution in [0.1, 0.15) is 101 Å². The van der Waals surface area contributed by atoms with Gasteiger partial charge in [-0.2, -0.15) is 21.0 Å². The number of benzene rings is 5. The Hall–Kier alpha value is -5.44. The van der Waals surface area contributed by atoms with Gasteiger partial charge in [0.1, 0.15) is 47.3 Å². The standard InChI is InChI=1S/C40H40N4O4/c1-5-9-13-45-37-27(21-41)17-25-18-29(23-43)39(47-15-11-7-3)35-31(25)33(37)34-32-26(19-28(22-42)38(34)46-14-10-6-2)20-30(24-44)40(36(32)35)48-16-12-8-4/h17-20H,5-16H2,1-4H3. The van der Waals surface area contributed by atoms with Gasteiger partial charge in [-0.05, 0) is 60.7 Å². The maximum absolute atomic E-state index is 10.5. The first-order valence-electron chi connectivity index (χ1n) is 17.0. The number of rotatable bonds is 16. The van der Waals surface area contributed by atoms with E-state index in [1.807, 2.05) is 0 Å². The minimum atomic E-state index is 0.314. The summed E-state index contributed by atoms with van der Waals surface area (Å²) in [7, 11) is 0. The number of fused-ring (bicyclic) bond motifs is 2. The Balaban J connectivity index is 2.17. The number of unbranched alkanes of at least 4 members (excludes halogenated alkanes) is 4. The van der Waals surface area contributed by atoms with E-state index in [1.54, 1.807) is 24.3 Å². The van der Waals surface area contributed by atoms with Gasteiger partial charge in [-0.15, -0.1) is 0 Å². The fourth-order valence-electron chi connectivity index (χ4n) is 6.24. The van der Waals surface area contributed by atoms with E-state index in [4.69, 9.17) is 18.9 Å². The van der Waals surface area contributed by atoms with E-state index in [0.717, 1.165) is 51.4 Å². The van der Waals surface area contributed by atoms with E-state index in [-0.39, 0.29) is 0 Å². The van der Waals surface area contributed by atoms with Gasteiger partial charge in [0.25, 0.3) is 0 Å². The smallest absolute Gasteiger partial charge is 0.145 e. The van der Waals surface area contributed by atoms with E-state index in [2.05, 4.69) is 52.0 Å². The quantitative estimate of drug-likeness (QED) is 0.0591. The molecule has 5 aromatic rings. The summed E-state index contributed by atoms with van der Waals surface area (Å²) in [5.41, 5.74) is 1.26.